The summed E-state index contributed by atoms with van der Waals surface area (Å²) in [6, 6.07) is 8.69. The number of thiazole rings is 1. The van der Waals surface area contributed by atoms with Crippen LogP contribution in [0.15, 0.2) is 49.3 Å². The summed E-state index contributed by atoms with van der Waals surface area (Å²) in [5.74, 6) is 0.0299. The highest BCUT2D eigenvalue weighted by atomic mass is 32.2. The van der Waals surface area contributed by atoms with Gasteiger partial charge in [0, 0.05) is 16.8 Å². The molecule has 146 valence electrons. The third-order valence-electron chi connectivity index (χ3n) is 4.32. The molecule has 10 heteroatoms. The fraction of sp³-hybridized carbons (Fsp3) is 0.278. The average Bonchev–Trinajstić information content (AvgIpc) is 3.25. The van der Waals surface area contributed by atoms with Crippen LogP contribution in [0.5, 0.6) is 0 Å². The molecule has 1 aromatic carbocycles. The first-order valence-corrected chi connectivity index (χ1v) is 12.2. The quantitative estimate of drug-likeness (QED) is 0.483. The second kappa shape index (κ2) is 7.69. The predicted octanol–water partition coefficient (Wildman–Crippen LogP) is 2.31. The minimum atomic E-state index is -3.03. The number of hydrogen-bond donors (Lipinski definition) is 1. The van der Waals surface area contributed by atoms with Gasteiger partial charge in [-0.05, 0) is 18.6 Å². The fourth-order valence-electron chi connectivity index (χ4n) is 2.99. The third-order valence-corrected chi connectivity index (χ3v) is 8.11. The number of nitrogens with one attached hydrogen (secondary N) is 1. The summed E-state index contributed by atoms with van der Waals surface area (Å²) in [6.45, 7) is 0. The van der Waals surface area contributed by atoms with Crippen LogP contribution in [0.25, 0.3) is 22.2 Å². The second-order valence-corrected chi connectivity index (χ2v) is 10.7. The number of carbonyl (C=O) groups is 1. The number of thioether (sulfide) groups is 1. The van der Waals surface area contributed by atoms with Crippen LogP contribution in [0.3, 0.4) is 0 Å². The standard InChI is InChI=1S/C18H16N2O5S3/c21-16(19-12-5-6-28(23,24)10-12)9-27-18-20-14(8-26-18)13-7-11-3-1-2-4-15(11)25-17(13)22/h1-4,7-8,12H,5-6,9-10H2,(H,19,21)/t12-/m0/s1. The number of nitrogens with zero attached hydrogens (tertiary/aromatic N) is 1. The first kappa shape index (κ1) is 19.2. The lowest BCUT2D eigenvalue weighted by Crippen LogP contribution is -2.36. The molecule has 1 N–H and O–H groups in total. The number of para-hydroxylation sites is 1. The fourth-order valence-corrected chi connectivity index (χ4v) is 6.30. The zero-order chi connectivity index (χ0) is 19.7. The van der Waals surface area contributed by atoms with E-state index in [0.717, 1.165) is 5.39 Å². The van der Waals surface area contributed by atoms with E-state index in [2.05, 4.69) is 10.3 Å². The van der Waals surface area contributed by atoms with E-state index < -0.39 is 15.5 Å². The molecule has 0 aliphatic carbocycles. The Bertz CT molecular complexity index is 1200. The van der Waals surface area contributed by atoms with E-state index in [9.17, 15) is 18.0 Å². The van der Waals surface area contributed by atoms with Crippen molar-refractivity contribution in [2.45, 2.75) is 16.8 Å². The van der Waals surface area contributed by atoms with Crippen LogP contribution in [-0.4, -0.2) is 42.6 Å². The monoisotopic (exact) mass is 436 g/mol. The molecule has 1 saturated heterocycles. The largest absolute Gasteiger partial charge is 0.422 e. The van der Waals surface area contributed by atoms with E-state index >= 15 is 0 Å². The second-order valence-electron chi connectivity index (χ2n) is 6.44. The number of sulfone groups is 1. The molecule has 0 saturated carbocycles. The average molecular weight is 437 g/mol. The Morgan fingerprint density at radius 1 is 1.36 bits per heavy atom. The molecule has 1 aliphatic rings. The molecule has 7 nitrogen and oxygen atoms in total. The zero-order valence-electron chi connectivity index (χ0n) is 14.6. The Morgan fingerprint density at radius 3 is 2.96 bits per heavy atom. The molecule has 0 unspecified atom stereocenters. The third kappa shape index (κ3) is 4.29. The van der Waals surface area contributed by atoms with Crippen LogP contribution < -0.4 is 10.9 Å². The number of benzene rings is 1. The van der Waals surface area contributed by atoms with Crippen LogP contribution >= 0.6 is 23.1 Å². The summed E-state index contributed by atoms with van der Waals surface area (Å²) >= 11 is 2.59. The van der Waals surface area contributed by atoms with E-state index in [4.69, 9.17) is 4.42 Å². The van der Waals surface area contributed by atoms with Gasteiger partial charge < -0.3 is 9.73 Å². The van der Waals surface area contributed by atoms with Gasteiger partial charge in [-0.1, -0.05) is 30.0 Å². The molecule has 1 fully saturated rings. The highest BCUT2D eigenvalue weighted by molar-refractivity contribution is 8.01. The lowest BCUT2D eigenvalue weighted by atomic mass is 10.1. The van der Waals surface area contributed by atoms with Crippen molar-refractivity contribution in [3.8, 4) is 11.3 Å². The van der Waals surface area contributed by atoms with Crippen LogP contribution in [0, 0.1) is 0 Å². The Kier molecular flexibility index (Phi) is 5.26. The number of amides is 1. The van der Waals surface area contributed by atoms with Gasteiger partial charge in [-0.3, -0.25) is 4.79 Å². The molecule has 4 rings (SSSR count). The van der Waals surface area contributed by atoms with Gasteiger partial charge in [-0.2, -0.15) is 0 Å². The Balaban J connectivity index is 1.41. The summed E-state index contributed by atoms with van der Waals surface area (Å²) in [4.78, 5) is 28.7. The van der Waals surface area contributed by atoms with Gasteiger partial charge in [0.25, 0.3) is 0 Å². The summed E-state index contributed by atoms with van der Waals surface area (Å²) in [5, 5.41) is 5.31. The number of fused-ring (bicyclic) bond motifs is 1. The van der Waals surface area contributed by atoms with Gasteiger partial charge in [0.15, 0.2) is 14.2 Å². The van der Waals surface area contributed by atoms with Gasteiger partial charge in [0.05, 0.1) is 28.5 Å². The molecule has 2 aromatic heterocycles. The number of hydrogen-bond acceptors (Lipinski definition) is 8. The first-order valence-electron chi connectivity index (χ1n) is 8.51. The molecule has 0 spiro atoms. The molecule has 0 radical (unpaired) electrons. The summed E-state index contributed by atoms with van der Waals surface area (Å²) in [7, 11) is -3.03. The summed E-state index contributed by atoms with van der Waals surface area (Å²) in [5.41, 5.74) is 0.948. The molecule has 3 heterocycles. The molecular weight excluding hydrogens is 420 g/mol. The molecular formula is C18H16N2O5S3. The van der Waals surface area contributed by atoms with E-state index in [0.29, 0.717) is 27.6 Å². The Labute approximate surface area is 169 Å². The van der Waals surface area contributed by atoms with Crippen molar-refractivity contribution in [1.82, 2.24) is 10.3 Å². The number of rotatable bonds is 5. The number of aromatic nitrogens is 1. The van der Waals surface area contributed by atoms with Gasteiger partial charge in [0.2, 0.25) is 5.91 Å². The van der Waals surface area contributed by atoms with Crippen LogP contribution in [0.1, 0.15) is 6.42 Å². The minimum absolute atomic E-state index is 0.00253. The lowest BCUT2D eigenvalue weighted by molar-refractivity contribution is -0.119. The smallest absolute Gasteiger partial charge is 0.345 e. The highest BCUT2D eigenvalue weighted by Crippen LogP contribution is 2.28. The topological polar surface area (TPSA) is 106 Å². The van der Waals surface area contributed by atoms with Crippen molar-refractivity contribution < 1.29 is 17.6 Å². The van der Waals surface area contributed by atoms with E-state index in [1.807, 2.05) is 12.1 Å². The number of carbonyl (C=O) groups excluding carboxylic acids is 1. The Hall–Kier alpha value is -2.17. The maximum absolute atomic E-state index is 12.2. The van der Waals surface area contributed by atoms with Crippen molar-refractivity contribution >= 4 is 49.8 Å². The van der Waals surface area contributed by atoms with E-state index in [1.165, 1.54) is 23.1 Å². The Morgan fingerprint density at radius 2 is 2.18 bits per heavy atom. The van der Waals surface area contributed by atoms with Crippen molar-refractivity contribution in [2.75, 3.05) is 17.3 Å². The molecule has 1 atom stereocenters. The highest BCUT2D eigenvalue weighted by Gasteiger charge is 2.28. The normalized spacial score (nSPS) is 18.4. The van der Waals surface area contributed by atoms with Crippen LogP contribution in [-0.2, 0) is 14.6 Å². The molecule has 1 amide bonds. The molecule has 3 aromatic rings. The van der Waals surface area contributed by atoms with E-state index in [-0.39, 0.29) is 29.2 Å². The minimum Gasteiger partial charge on any atom is -0.422 e. The SMILES string of the molecule is O=C(CSc1nc(-c2cc3ccccc3oc2=O)cs1)N[C@H]1CCS(=O)(=O)C1. The summed E-state index contributed by atoms with van der Waals surface area (Å²) < 4.78 is 28.9. The van der Waals surface area contributed by atoms with E-state index in [1.54, 1.807) is 23.6 Å². The van der Waals surface area contributed by atoms with Crippen LogP contribution in [0.4, 0.5) is 0 Å². The molecule has 1 aliphatic heterocycles. The lowest BCUT2D eigenvalue weighted by Gasteiger charge is -2.09. The van der Waals surface area contributed by atoms with Crippen molar-refractivity contribution in [2.24, 2.45) is 0 Å². The van der Waals surface area contributed by atoms with Gasteiger partial charge in [-0.25, -0.2) is 18.2 Å². The van der Waals surface area contributed by atoms with Gasteiger partial charge >= 0.3 is 5.63 Å². The summed E-state index contributed by atoms with van der Waals surface area (Å²) in [6.07, 6.45) is 0.456. The molecule has 28 heavy (non-hydrogen) atoms. The molecule has 0 bridgehead atoms. The van der Waals surface area contributed by atoms with Crippen molar-refractivity contribution in [1.29, 1.82) is 0 Å². The first-order chi connectivity index (χ1) is 13.4. The maximum atomic E-state index is 12.2. The van der Waals surface area contributed by atoms with Gasteiger partial charge in [0.1, 0.15) is 5.58 Å². The van der Waals surface area contributed by atoms with Crippen molar-refractivity contribution in [3.05, 3.63) is 46.1 Å². The van der Waals surface area contributed by atoms with Crippen molar-refractivity contribution in [3.63, 3.8) is 0 Å². The maximum Gasteiger partial charge on any atom is 0.345 e. The predicted molar refractivity (Wildman–Crippen MR) is 110 cm³/mol. The van der Waals surface area contributed by atoms with Gasteiger partial charge in [-0.15, -0.1) is 11.3 Å². The van der Waals surface area contributed by atoms with Crippen LogP contribution in [0.2, 0.25) is 0 Å². The zero-order valence-corrected chi connectivity index (χ0v) is 17.0.